The van der Waals surface area contributed by atoms with E-state index in [1.54, 1.807) is 0 Å². The summed E-state index contributed by atoms with van der Waals surface area (Å²) in [6.07, 6.45) is 3.68. The summed E-state index contributed by atoms with van der Waals surface area (Å²) in [5.41, 5.74) is 4.80. The number of H-pyrrole nitrogens is 1. The van der Waals surface area contributed by atoms with Gasteiger partial charge in [-0.15, -0.1) is 0 Å². The molecule has 0 radical (unpaired) electrons. The molecule has 4 aromatic carbocycles. The van der Waals surface area contributed by atoms with Crippen molar-refractivity contribution in [3.8, 4) is 11.5 Å². The molecule has 2 aliphatic rings. The van der Waals surface area contributed by atoms with Gasteiger partial charge in [-0.25, -0.2) is 0 Å². The first kappa shape index (κ1) is 47.6. The molecular weight excluding hydrogens is 818 g/mol. The Hall–Kier alpha value is -4.91. The van der Waals surface area contributed by atoms with E-state index in [1.807, 2.05) is 108 Å². The summed E-state index contributed by atoms with van der Waals surface area (Å²) >= 11 is 6.01. The predicted molar refractivity (Wildman–Crippen MR) is 247 cm³/mol. The number of morpholine rings is 2. The Morgan fingerprint density at radius 3 is 1.78 bits per heavy atom. The molecule has 0 bridgehead atoms. The molecule has 2 saturated heterocycles. The van der Waals surface area contributed by atoms with Gasteiger partial charge in [-0.3, -0.25) is 19.4 Å². The molecule has 338 valence electrons. The van der Waals surface area contributed by atoms with Gasteiger partial charge in [0.2, 0.25) is 0 Å². The number of benzene rings is 4. The van der Waals surface area contributed by atoms with Crippen LogP contribution >= 0.6 is 11.6 Å². The van der Waals surface area contributed by atoms with Crippen LogP contribution in [-0.2, 0) is 41.6 Å². The van der Waals surface area contributed by atoms with Gasteiger partial charge in [-0.2, -0.15) is 0 Å². The minimum atomic E-state index is -0.443. The molecule has 1 N–H and O–H groups in total. The van der Waals surface area contributed by atoms with Crippen LogP contribution < -0.4 is 9.47 Å². The third kappa shape index (κ3) is 16.0. The molecule has 7 rings (SSSR count). The lowest BCUT2D eigenvalue weighted by atomic mass is 10.1. The van der Waals surface area contributed by atoms with Gasteiger partial charge in [0.05, 0.1) is 44.9 Å². The molecule has 2 aliphatic heterocycles. The number of carbonyl (C=O) groups is 2. The number of fused-ring (bicyclic) bond motifs is 1. The van der Waals surface area contributed by atoms with Gasteiger partial charge in [-0.05, 0) is 106 Å². The maximum Gasteiger partial charge on any atom is 0.307 e. The SMILES string of the molecule is CC(C)(C)OC(=O)CCN1CCOC(c2ccc(OCCc3c[nH]c4ccccc34)cc2)C1.CC(C)(C)OC(=O)CCN1CCOC(c2ccc(OCc3cccc(Cl)c3)cc2)C1. The van der Waals surface area contributed by atoms with Gasteiger partial charge < -0.3 is 33.4 Å². The molecule has 2 unspecified atom stereocenters. The molecular formula is C51H64ClN3O8. The monoisotopic (exact) mass is 881 g/mol. The Kier molecular flexibility index (Phi) is 17.1. The van der Waals surface area contributed by atoms with Gasteiger partial charge in [0.15, 0.2) is 0 Å². The highest BCUT2D eigenvalue weighted by Crippen LogP contribution is 2.27. The number of hydrogen-bond donors (Lipinski definition) is 1. The van der Waals surface area contributed by atoms with Gasteiger partial charge >= 0.3 is 11.9 Å². The Balaban J connectivity index is 0.000000211. The predicted octanol–water partition coefficient (Wildman–Crippen LogP) is 9.92. The summed E-state index contributed by atoms with van der Waals surface area (Å²) < 4.78 is 34.6. The van der Waals surface area contributed by atoms with Crippen molar-refractivity contribution in [1.29, 1.82) is 0 Å². The molecule has 5 aromatic rings. The largest absolute Gasteiger partial charge is 0.493 e. The van der Waals surface area contributed by atoms with Crippen molar-refractivity contribution in [3.63, 3.8) is 0 Å². The van der Waals surface area contributed by atoms with Crippen LogP contribution in [0, 0.1) is 0 Å². The lowest BCUT2D eigenvalue weighted by Crippen LogP contribution is -2.39. The Labute approximate surface area is 377 Å². The van der Waals surface area contributed by atoms with Gasteiger partial charge in [0, 0.05) is 67.8 Å². The summed E-state index contributed by atoms with van der Waals surface area (Å²) in [7, 11) is 0. The summed E-state index contributed by atoms with van der Waals surface area (Å²) in [6, 6.07) is 32.1. The first-order valence-electron chi connectivity index (χ1n) is 22.0. The highest BCUT2D eigenvalue weighted by atomic mass is 35.5. The number of para-hydroxylation sites is 1. The van der Waals surface area contributed by atoms with Crippen molar-refractivity contribution >= 4 is 34.4 Å². The second kappa shape index (κ2) is 22.6. The van der Waals surface area contributed by atoms with Crippen LogP contribution in [0.3, 0.4) is 0 Å². The average Bonchev–Trinajstić information content (AvgIpc) is 3.67. The minimum absolute atomic E-state index is 0.00217. The van der Waals surface area contributed by atoms with Crippen molar-refractivity contribution in [2.45, 2.75) is 90.8 Å². The molecule has 0 saturated carbocycles. The summed E-state index contributed by atoms with van der Waals surface area (Å²) in [5, 5.41) is 1.96. The summed E-state index contributed by atoms with van der Waals surface area (Å²) in [5.74, 6) is 1.35. The number of nitrogens with zero attached hydrogens (tertiary/aromatic N) is 2. The second-order valence-electron chi connectivity index (χ2n) is 18.0. The van der Waals surface area contributed by atoms with Crippen molar-refractivity contribution in [2.75, 3.05) is 59.1 Å². The standard InChI is InChI=1S/C27H34N2O4.C24H30ClNO4/c1-27(2,3)33-26(30)12-14-29-15-17-32-25(19-29)20-8-10-22(11-9-20)31-16-13-21-18-28-24-7-5-4-6-23(21)24;1-24(2,3)30-23(27)11-12-26-13-14-28-22(16-26)19-7-9-21(10-8-19)29-17-18-5-4-6-20(25)15-18/h4-11,18,25,28H,12-17,19H2,1-3H3;4-10,15,22H,11-14,16-17H2,1-3H3. The Morgan fingerprint density at radius 2 is 1.24 bits per heavy atom. The number of carbonyl (C=O) groups excluding carboxylic acids is 2. The zero-order chi connectivity index (χ0) is 44.8. The fraction of sp³-hybridized carbons (Fsp3) is 0.451. The van der Waals surface area contributed by atoms with Gasteiger partial charge in [0.1, 0.15) is 29.3 Å². The van der Waals surface area contributed by atoms with Crippen molar-refractivity contribution in [2.24, 2.45) is 0 Å². The second-order valence-corrected chi connectivity index (χ2v) is 18.4. The van der Waals surface area contributed by atoms with E-state index in [2.05, 4.69) is 51.3 Å². The van der Waals surface area contributed by atoms with E-state index in [9.17, 15) is 9.59 Å². The molecule has 11 nitrogen and oxygen atoms in total. The number of ether oxygens (including phenoxy) is 6. The van der Waals surface area contributed by atoms with Crippen LogP contribution in [0.4, 0.5) is 0 Å². The van der Waals surface area contributed by atoms with Crippen LogP contribution in [-0.4, -0.2) is 97.0 Å². The maximum atomic E-state index is 12.0. The third-order valence-corrected chi connectivity index (χ3v) is 10.8. The van der Waals surface area contributed by atoms with E-state index >= 15 is 0 Å². The number of aromatic amines is 1. The van der Waals surface area contributed by atoms with Gasteiger partial charge in [0.25, 0.3) is 0 Å². The van der Waals surface area contributed by atoms with E-state index in [0.717, 1.165) is 66.3 Å². The van der Waals surface area contributed by atoms with Crippen LogP contribution in [0.25, 0.3) is 10.9 Å². The molecule has 0 amide bonds. The van der Waals surface area contributed by atoms with E-state index in [4.69, 9.17) is 40.0 Å². The van der Waals surface area contributed by atoms with Crippen LogP contribution in [0.5, 0.6) is 11.5 Å². The first-order valence-corrected chi connectivity index (χ1v) is 22.4. The number of hydrogen-bond acceptors (Lipinski definition) is 10. The minimum Gasteiger partial charge on any atom is -0.493 e. The van der Waals surface area contributed by atoms with Crippen molar-refractivity contribution in [1.82, 2.24) is 14.8 Å². The van der Waals surface area contributed by atoms with Crippen molar-refractivity contribution in [3.05, 3.63) is 131 Å². The highest BCUT2D eigenvalue weighted by molar-refractivity contribution is 6.30. The maximum absolute atomic E-state index is 12.0. The van der Waals surface area contributed by atoms with E-state index in [1.165, 1.54) is 10.9 Å². The van der Waals surface area contributed by atoms with E-state index in [-0.39, 0.29) is 24.1 Å². The van der Waals surface area contributed by atoms with Crippen molar-refractivity contribution < 1.29 is 38.0 Å². The first-order chi connectivity index (χ1) is 30.2. The molecule has 2 atom stereocenters. The van der Waals surface area contributed by atoms with Gasteiger partial charge in [-0.1, -0.05) is 66.2 Å². The molecule has 0 spiro atoms. The zero-order valence-corrected chi connectivity index (χ0v) is 38.5. The number of esters is 2. The summed E-state index contributed by atoms with van der Waals surface area (Å²) in [4.78, 5) is 31.8. The molecule has 63 heavy (non-hydrogen) atoms. The van der Waals surface area contributed by atoms with E-state index < -0.39 is 11.2 Å². The zero-order valence-electron chi connectivity index (χ0n) is 37.7. The lowest BCUT2D eigenvalue weighted by Gasteiger charge is -2.33. The molecule has 2 fully saturated rings. The Morgan fingerprint density at radius 1 is 0.698 bits per heavy atom. The third-order valence-electron chi connectivity index (χ3n) is 10.5. The molecule has 0 aliphatic carbocycles. The number of halogens is 1. The fourth-order valence-electron chi connectivity index (χ4n) is 7.47. The molecule has 3 heterocycles. The molecule has 12 heteroatoms. The quantitative estimate of drug-likeness (QED) is 0.102. The van der Waals surface area contributed by atoms with Crippen LogP contribution in [0.2, 0.25) is 5.02 Å². The average molecular weight is 883 g/mol. The Bertz CT molecular complexity index is 2200. The smallest absolute Gasteiger partial charge is 0.307 e. The van der Waals surface area contributed by atoms with E-state index in [0.29, 0.717) is 57.4 Å². The topological polar surface area (TPSA) is 112 Å². The lowest BCUT2D eigenvalue weighted by molar-refractivity contribution is -0.156. The highest BCUT2D eigenvalue weighted by Gasteiger charge is 2.25. The fourth-order valence-corrected chi connectivity index (χ4v) is 7.68. The number of nitrogens with one attached hydrogen (secondary N) is 1. The summed E-state index contributed by atoms with van der Waals surface area (Å²) in [6.45, 7) is 18.3. The molecule has 1 aromatic heterocycles. The van der Waals surface area contributed by atoms with Crippen LogP contribution in [0.15, 0.2) is 103 Å². The number of aromatic nitrogens is 1. The van der Waals surface area contributed by atoms with Crippen LogP contribution in [0.1, 0.15) is 88.8 Å². The normalized spacial score (nSPS) is 17.4. The number of rotatable bonds is 15.